The summed E-state index contributed by atoms with van der Waals surface area (Å²) in [5.74, 6) is 0.616. The Kier molecular flexibility index (Phi) is 8.06. The Morgan fingerprint density at radius 2 is 1.77 bits per heavy atom. The van der Waals surface area contributed by atoms with E-state index in [0.717, 1.165) is 4.47 Å². The number of carbonyl (C=O) groups is 1. The summed E-state index contributed by atoms with van der Waals surface area (Å²) in [6.45, 7) is 6.01. The number of aromatic carboxylic acids is 1. The Labute approximate surface area is 233 Å². The molecule has 0 radical (unpaired) electrons. The standard InChI is InChI=1S/C29H28BrN3O6/c1-29(2,3)28-32-22-10-9-20(30)14-21(22)26(34)33(28)31-15-18-12-23(37-4)25(24(13-18)38-5)39-16-17-7-6-8-19(11-17)27(35)36/h6-15H,16H2,1-5H3,(H,35,36). The molecule has 10 heteroatoms. The van der Waals surface area contributed by atoms with E-state index in [0.29, 0.717) is 45.1 Å². The van der Waals surface area contributed by atoms with Gasteiger partial charge in [0.05, 0.1) is 36.9 Å². The van der Waals surface area contributed by atoms with Crippen LogP contribution in [0.1, 0.15) is 48.1 Å². The zero-order valence-corrected chi connectivity index (χ0v) is 23.8. The molecule has 39 heavy (non-hydrogen) atoms. The first-order valence-electron chi connectivity index (χ1n) is 12.0. The molecule has 0 fully saturated rings. The fourth-order valence-corrected chi connectivity index (χ4v) is 4.29. The second-order valence-corrected chi connectivity index (χ2v) is 10.7. The molecule has 0 saturated carbocycles. The maximum Gasteiger partial charge on any atom is 0.335 e. The number of nitrogens with zero attached hydrogens (tertiary/aromatic N) is 3. The van der Waals surface area contributed by atoms with Crippen LogP contribution in [0.4, 0.5) is 0 Å². The lowest BCUT2D eigenvalue weighted by Gasteiger charge is -2.21. The molecule has 0 aliphatic carbocycles. The molecule has 3 aromatic carbocycles. The number of carboxylic acid groups (broad SMARTS) is 1. The van der Waals surface area contributed by atoms with Crippen molar-refractivity contribution in [3.8, 4) is 17.2 Å². The number of methoxy groups -OCH3 is 2. The molecule has 9 nitrogen and oxygen atoms in total. The van der Waals surface area contributed by atoms with E-state index in [1.54, 1.807) is 42.5 Å². The van der Waals surface area contributed by atoms with Crippen LogP contribution in [0.15, 0.2) is 69.0 Å². The lowest BCUT2D eigenvalue weighted by Crippen LogP contribution is -2.29. The molecule has 1 heterocycles. The average Bonchev–Trinajstić information content (AvgIpc) is 2.90. The molecule has 0 aliphatic heterocycles. The topological polar surface area (TPSA) is 112 Å². The molecule has 0 unspecified atom stereocenters. The lowest BCUT2D eigenvalue weighted by molar-refractivity contribution is 0.0696. The van der Waals surface area contributed by atoms with Gasteiger partial charge in [-0.05, 0) is 48.0 Å². The largest absolute Gasteiger partial charge is 0.493 e. The predicted molar refractivity (Wildman–Crippen MR) is 153 cm³/mol. The fourth-order valence-electron chi connectivity index (χ4n) is 3.93. The summed E-state index contributed by atoms with van der Waals surface area (Å²) in [4.78, 5) is 29.5. The Bertz CT molecular complexity index is 1610. The minimum Gasteiger partial charge on any atom is -0.493 e. The molecule has 0 amide bonds. The zero-order valence-electron chi connectivity index (χ0n) is 22.2. The van der Waals surface area contributed by atoms with Crippen molar-refractivity contribution in [1.29, 1.82) is 0 Å². The molecule has 202 valence electrons. The first kappa shape index (κ1) is 27.8. The van der Waals surface area contributed by atoms with Crippen LogP contribution in [0.5, 0.6) is 17.2 Å². The molecule has 1 N–H and O–H groups in total. The number of benzene rings is 3. The lowest BCUT2D eigenvalue weighted by atomic mass is 9.95. The van der Waals surface area contributed by atoms with Crippen molar-refractivity contribution in [2.45, 2.75) is 32.8 Å². The molecule has 0 spiro atoms. The van der Waals surface area contributed by atoms with E-state index in [-0.39, 0.29) is 17.7 Å². The first-order chi connectivity index (χ1) is 18.5. The number of fused-ring (bicyclic) bond motifs is 1. The van der Waals surface area contributed by atoms with Crippen molar-refractivity contribution in [2.24, 2.45) is 5.10 Å². The van der Waals surface area contributed by atoms with Gasteiger partial charge in [-0.25, -0.2) is 9.78 Å². The number of aromatic nitrogens is 2. The van der Waals surface area contributed by atoms with Crippen molar-refractivity contribution in [1.82, 2.24) is 9.66 Å². The summed E-state index contributed by atoms with van der Waals surface area (Å²) in [7, 11) is 3.00. The normalized spacial score (nSPS) is 11.6. The number of hydrogen-bond acceptors (Lipinski definition) is 7. The third-order valence-corrected chi connectivity index (χ3v) is 6.33. The van der Waals surface area contributed by atoms with E-state index in [4.69, 9.17) is 19.2 Å². The van der Waals surface area contributed by atoms with Crippen molar-refractivity contribution in [2.75, 3.05) is 14.2 Å². The Hall–Kier alpha value is -4.18. The monoisotopic (exact) mass is 593 g/mol. The van der Waals surface area contributed by atoms with E-state index >= 15 is 0 Å². The van der Waals surface area contributed by atoms with Gasteiger partial charge in [-0.15, -0.1) is 0 Å². The van der Waals surface area contributed by atoms with Gasteiger partial charge in [-0.3, -0.25) is 4.79 Å². The highest BCUT2D eigenvalue weighted by Crippen LogP contribution is 2.39. The highest BCUT2D eigenvalue weighted by Gasteiger charge is 2.23. The highest BCUT2D eigenvalue weighted by atomic mass is 79.9. The maximum absolute atomic E-state index is 13.4. The van der Waals surface area contributed by atoms with Crippen LogP contribution >= 0.6 is 15.9 Å². The van der Waals surface area contributed by atoms with Crippen LogP contribution in [0, 0.1) is 0 Å². The highest BCUT2D eigenvalue weighted by molar-refractivity contribution is 9.10. The van der Waals surface area contributed by atoms with E-state index in [1.165, 1.54) is 31.2 Å². The quantitative estimate of drug-likeness (QED) is 0.263. The molecule has 0 bridgehead atoms. The molecule has 4 aromatic rings. The Balaban J connectivity index is 1.72. The van der Waals surface area contributed by atoms with Crippen LogP contribution < -0.4 is 19.8 Å². The van der Waals surface area contributed by atoms with Gasteiger partial charge >= 0.3 is 5.97 Å². The van der Waals surface area contributed by atoms with Gasteiger partial charge in [-0.1, -0.05) is 48.8 Å². The van der Waals surface area contributed by atoms with Crippen LogP contribution in [0.2, 0.25) is 0 Å². The summed E-state index contributed by atoms with van der Waals surface area (Å²) < 4.78 is 19.2. The fraction of sp³-hybridized carbons (Fsp3) is 0.241. The minimum absolute atomic E-state index is 0.101. The number of halogens is 1. The molecular weight excluding hydrogens is 566 g/mol. The number of ether oxygens (including phenoxy) is 3. The Morgan fingerprint density at radius 3 is 2.38 bits per heavy atom. The first-order valence-corrected chi connectivity index (χ1v) is 12.8. The van der Waals surface area contributed by atoms with Gasteiger partial charge < -0.3 is 19.3 Å². The summed E-state index contributed by atoms with van der Waals surface area (Å²) in [6, 6.07) is 15.3. The third-order valence-electron chi connectivity index (χ3n) is 5.84. The summed E-state index contributed by atoms with van der Waals surface area (Å²) in [6.07, 6.45) is 1.54. The van der Waals surface area contributed by atoms with Crippen molar-refractivity contribution >= 4 is 39.0 Å². The van der Waals surface area contributed by atoms with Gasteiger partial charge in [0.2, 0.25) is 5.75 Å². The Morgan fingerprint density at radius 1 is 1.08 bits per heavy atom. The SMILES string of the molecule is COc1cc(C=Nn2c(C(C)(C)C)nc3ccc(Br)cc3c2=O)cc(OC)c1OCc1cccc(C(=O)O)c1. The molecule has 0 atom stereocenters. The van der Waals surface area contributed by atoms with E-state index in [2.05, 4.69) is 21.0 Å². The molecular formula is C29H28BrN3O6. The average molecular weight is 594 g/mol. The predicted octanol–water partition coefficient (Wildman–Crippen LogP) is 5.63. The summed E-state index contributed by atoms with van der Waals surface area (Å²) >= 11 is 3.42. The van der Waals surface area contributed by atoms with Gasteiger partial charge in [0.25, 0.3) is 5.56 Å². The van der Waals surface area contributed by atoms with Gasteiger partial charge in [0.15, 0.2) is 11.5 Å². The van der Waals surface area contributed by atoms with Crippen LogP contribution in [-0.2, 0) is 12.0 Å². The van der Waals surface area contributed by atoms with Gasteiger partial charge in [-0.2, -0.15) is 9.78 Å². The number of carboxylic acids is 1. The smallest absolute Gasteiger partial charge is 0.335 e. The third kappa shape index (κ3) is 6.12. The zero-order chi connectivity index (χ0) is 28.3. The van der Waals surface area contributed by atoms with Gasteiger partial charge in [0.1, 0.15) is 12.4 Å². The summed E-state index contributed by atoms with van der Waals surface area (Å²) in [5, 5.41) is 14.2. The van der Waals surface area contributed by atoms with Crippen LogP contribution in [0.25, 0.3) is 10.9 Å². The van der Waals surface area contributed by atoms with Crippen LogP contribution in [0.3, 0.4) is 0 Å². The molecule has 4 rings (SSSR count). The molecule has 1 aromatic heterocycles. The van der Waals surface area contributed by atoms with E-state index < -0.39 is 11.4 Å². The molecule has 0 saturated heterocycles. The summed E-state index contributed by atoms with van der Waals surface area (Å²) in [5.41, 5.74) is 1.30. The van der Waals surface area contributed by atoms with Crippen LogP contribution in [-0.4, -0.2) is 41.2 Å². The second-order valence-electron chi connectivity index (χ2n) is 9.76. The van der Waals surface area contributed by atoms with E-state index in [1.807, 2.05) is 26.8 Å². The van der Waals surface area contributed by atoms with Crippen molar-refractivity contribution in [3.63, 3.8) is 0 Å². The minimum atomic E-state index is -1.02. The van der Waals surface area contributed by atoms with Gasteiger partial charge in [0, 0.05) is 15.5 Å². The second kappa shape index (κ2) is 11.3. The number of rotatable bonds is 8. The maximum atomic E-state index is 13.4. The number of hydrogen-bond donors (Lipinski definition) is 1. The van der Waals surface area contributed by atoms with Crippen molar-refractivity contribution < 1.29 is 24.1 Å². The van der Waals surface area contributed by atoms with Crippen molar-refractivity contribution in [3.05, 3.63) is 91.9 Å². The molecule has 0 aliphatic rings. The van der Waals surface area contributed by atoms with E-state index in [9.17, 15) is 14.7 Å².